The van der Waals surface area contributed by atoms with Gasteiger partial charge in [0.15, 0.2) is 0 Å². The van der Waals surface area contributed by atoms with E-state index in [-0.39, 0.29) is 0 Å². The number of aromatic nitrogens is 3. The van der Waals surface area contributed by atoms with Crippen LogP contribution >= 0.6 is 0 Å². The van der Waals surface area contributed by atoms with Crippen molar-refractivity contribution in [1.29, 1.82) is 0 Å². The van der Waals surface area contributed by atoms with Gasteiger partial charge < -0.3 is 14.2 Å². The van der Waals surface area contributed by atoms with Gasteiger partial charge in [0.05, 0.1) is 29.6 Å². The molecule has 0 saturated heterocycles. The van der Waals surface area contributed by atoms with Crippen molar-refractivity contribution in [2.75, 3.05) is 7.11 Å². The lowest BCUT2D eigenvalue weighted by Crippen LogP contribution is -1.90. The maximum absolute atomic E-state index is 5.81. The second kappa shape index (κ2) is 7.89. The van der Waals surface area contributed by atoms with Crippen molar-refractivity contribution in [2.45, 2.75) is 13.8 Å². The van der Waals surface area contributed by atoms with Crippen molar-refractivity contribution in [1.82, 2.24) is 15.1 Å². The summed E-state index contributed by atoms with van der Waals surface area (Å²) < 4.78 is 11.2. The highest BCUT2D eigenvalue weighted by molar-refractivity contribution is 6.14. The number of aryl methyl sites for hydroxylation is 2. The molecule has 3 heterocycles. The average molecular weight is 446 g/mol. The SMILES string of the molecule is COc1cc2c(cc1-c1c(C)noc1C)[nH]c1ccnc(-c3ccc(-c4ccccc4)cc3)c12. The number of H-pyrrole nitrogens is 1. The Morgan fingerprint density at radius 2 is 1.56 bits per heavy atom. The van der Waals surface area contributed by atoms with Crippen LogP contribution in [0.2, 0.25) is 0 Å². The number of rotatable bonds is 4. The van der Waals surface area contributed by atoms with Crippen molar-refractivity contribution >= 4 is 21.8 Å². The molecule has 34 heavy (non-hydrogen) atoms. The van der Waals surface area contributed by atoms with E-state index >= 15 is 0 Å². The number of methoxy groups -OCH3 is 1. The largest absolute Gasteiger partial charge is 0.496 e. The Morgan fingerprint density at radius 1 is 0.824 bits per heavy atom. The summed E-state index contributed by atoms with van der Waals surface area (Å²) in [5, 5.41) is 6.27. The molecule has 0 spiro atoms. The van der Waals surface area contributed by atoms with Gasteiger partial charge in [0.1, 0.15) is 11.5 Å². The zero-order chi connectivity index (χ0) is 23.2. The number of aromatic amines is 1. The molecule has 0 aliphatic heterocycles. The number of nitrogens with one attached hydrogen (secondary N) is 1. The van der Waals surface area contributed by atoms with Gasteiger partial charge >= 0.3 is 0 Å². The number of hydrogen-bond donors (Lipinski definition) is 1. The Kier molecular flexibility index (Phi) is 4.69. The molecule has 6 rings (SSSR count). The Labute approximate surface area is 197 Å². The van der Waals surface area contributed by atoms with Gasteiger partial charge in [0, 0.05) is 33.6 Å². The maximum Gasteiger partial charge on any atom is 0.141 e. The summed E-state index contributed by atoms with van der Waals surface area (Å²) in [5.41, 5.74) is 9.20. The molecule has 0 amide bonds. The lowest BCUT2D eigenvalue weighted by Gasteiger charge is -2.10. The summed E-state index contributed by atoms with van der Waals surface area (Å²) in [6, 6.07) is 25.2. The van der Waals surface area contributed by atoms with E-state index in [9.17, 15) is 0 Å². The van der Waals surface area contributed by atoms with Crippen LogP contribution < -0.4 is 4.74 Å². The lowest BCUT2D eigenvalue weighted by atomic mass is 9.98. The number of benzene rings is 3. The highest BCUT2D eigenvalue weighted by atomic mass is 16.5. The summed E-state index contributed by atoms with van der Waals surface area (Å²) in [6.45, 7) is 3.87. The van der Waals surface area contributed by atoms with Gasteiger partial charge in [0.25, 0.3) is 0 Å². The highest BCUT2D eigenvalue weighted by Crippen LogP contribution is 2.41. The van der Waals surface area contributed by atoms with Crippen LogP contribution in [0.15, 0.2) is 83.5 Å². The van der Waals surface area contributed by atoms with Crippen LogP contribution in [0.1, 0.15) is 11.5 Å². The predicted octanol–water partition coefficient (Wildman–Crippen LogP) is 7.33. The van der Waals surface area contributed by atoms with Crippen molar-refractivity contribution < 1.29 is 9.26 Å². The summed E-state index contributed by atoms with van der Waals surface area (Å²) in [5.74, 6) is 1.55. The Bertz CT molecular complexity index is 1630. The van der Waals surface area contributed by atoms with Crippen LogP contribution in [0.25, 0.3) is 55.3 Å². The monoisotopic (exact) mass is 445 g/mol. The molecular weight excluding hydrogens is 422 g/mol. The van der Waals surface area contributed by atoms with Gasteiger partial charge in [-0.1, -0.05) is 59.8 Å². The number of pyridine rings is 1. The minimum absolute atomic E-state index is 0.770. The van der Waals surface area contributed by atoms with Crippen molar-refractivity contribution in [3.63, 3.8) is 0 Å². The van der Waals surface area contributed by atoms with E-state index in [1.54, 1.807) is 7.11 Å². The third-order valence-electron chi connectivity index (χ3n) is 6.40. The van der Waals surface area contributed by atoms with E-state index in [1.807, 2.05) is 32.2 Å². The molecule has 0 saturated carbocycles. The molecule has 0 atom stereocenters. The number of hydrogen-bond acceptors (Lipinski definition) is 4. The standard InChI is InChI=1S/C29H23N3O2/c1-17-27(18(2)34-32-17)23-15-25-22(16-26(23)33-3)28-24(31-25)13-14-30-29(28)21-11-9-20(10-12-21)19-7-5-4-6-8-19/h4-16,31H,1-3H3. The van der Waals surface area contributed by atoms with E-state index in [1.165, 1.54) is 11.1 Å². The smallest absolute Gasteiger partial charge is 0.141 e. The first-order valence-corrected chi connectivity index (χ1v) is 11.2. The van der Waals surface area contributed by atoms with Crippen molar-refractivity contribution in [2.24, 2.45) is 0 Å². The van der Waals surface area contributed by atoms with Crippen LogP contribution in [0.3, 0.4) is 0 Å². The third kappa shape index (κ3) is 3.17. The first kappa shape index (κ1) is 20.2. The van der Waals surface area contributed by atoms with Gasteiger partial charge in [-0.25, -0.2) is 0 Å². The van der Waals surface area contributed by atoms with Crippen molar-refractivity contribution in [3.05, 3.63) is 90.4 Å². The quantitative estimate of drug-likeness (QED) is 0.308. The van der Waals surface area contributed by atoms with E-state index in [0.717, 1.165) is 61.4 Å². The fourth-order valence-corrected chi connectivity index (χ4v) is 4.78. The molecule has 3 aromatic carbocycles. The van der Waals surface area contributed by atoms with E-state index in [0.29, 0.717) is 0 Å². The minimum Gasteiger partial charge on any atom is -0.496 e. The molecule has 0 unspecified atom stereocenters. The van der Waals surface area contributed by atoms with E-state index in [2.05, 4.69) is 70.8 Å². The van der Waals surface area contributed by atoms with Gasteiger partial charge in [-0.2, -0.15) is 0 Å². The van der Waals surface area contributed by atoms with Gasteiger partial charge in [-0.15, -0.1) is 0 Å². The molecule has 6 aromatic rings. The summed E-state index contributed by atoms with van der Waals surface area (Å²) in [4.78, 5) is 8.34. The van der Waals surface area contributed by atoms with Gasteiger partial charge in [-0.3, -0.25) is 4.98 Å². The second-order valence-corrected chi connectivity index (χ2v) is 8.45. The summed E-state index contributed by atoms with van der Waals surface area (Å²) in [7, 11) is 1.69. The third-order valence-corrected chi connectivity index (χ3v) is 6.40. The van der Waals surface area contributed by atoms with E-state index < -0.39 is 0 Å². The summed E-state index contributed by atoms with van der Waals surface area (Å²) in [6.07, 6.45) is 1.85. The second-order valence-electron chi connectivity index (χ2n) is 8.45. The maximum atomic E-state index is 5.81. The van der Waals surface area contributed by atoms with Crippen LogP contribution in [0.5, 0.6) is 5.75 Å². The van der Waals surface area contributed by atoms with E-state index in [4.69, 9.17) is 14.2 Å². The fourth-order valence-electron chi connectivity index (χ4n) is 4.78. The normalized spacial score (nSPS) is 11.4. The first-order valence-electron chi connectivity index (χ1n) is 11.2. The predicted molar refractivity (Wildman–Crippen MR) is 136 cm³/mol. The molecule has 166 valence electrons. The zero-order valence-corrected chi connectivity index (χ0v) is 19.2. The Hall–Kier alpha value is -4.38. The van der Waals surface area contributed by atoms with Crippen LogP contribution in [-0.4, -0.2) is 22.2 Å². The molecule has 5 nitrogen and oxygen atoms in total. The topological polar surface area (TPSA) is 63.9 Å². The number of ether oxygens (including phenoxy) is 1. The number of nitrogens with zero attached hydrogens (tertiary/aromatic N) is 2. The molecule has 0 aliphatic carbocycles. The molecule has 0 radical (unpaired) electrons. The summed E-state index contributed by atoms with van der Waals surface area (Å²) >= 11 is 0. The fraction of sp³-hybridized carbons (Fsp3) is 0.103. The van der Waals surface area contributed by atoms with Crippen LogP contribution in [-0.2, 0) is 0 Å². The highest BCUT2D eigenvalue weighted by Gasteiger charge is 2.20. The molecule has 0 aliphatic rings. The average Bonchev–Trinajstić information content (AvgIpc) is 3.42. The molecular formula is C29H23N3O2. The van der Waals surface area contributed by atoms with Crippen LogP contribution in [0, 0.1) is 13.8 Å². The molecule has 0 fully saturated rings. The first-order chi connectivity index (χ1) is 16.6. The van der Waals surface area contributed by atoms with Crippen LogP contribution in [0.4, 0.5) is 0 Å². The molecule has 0 bridgehead atoms. The number of fused-ring (bicyclic) bond motifs is 3. The Balaban J connectivity index is 1.54. The minimum atomic E-state index is 0.770. The van der Waals surface area contributed by atoms with Crippen molar-refractivity contribution in [3.8, 4) is 39.3 Å². The lowest BCUT2D eigenvalue weighted by molar-refractivity contribution is 0.393. The molecule has 5 heteroatoms. The zero-order valence-electron chi connectivity index (χ0n) is 19.2. The van der Waals surface area contributed by atoms with Gasteiger partial charge in [-0.05, 0) is 43.2 Å². The molecule has 1 N–H and O–H groups in total. The Morgan fingerprint density at radius 3 is 2.26 bits per heavy atom. The van der Waals surface area contributed by atoms with Gasteiger partial charge in [0.2, 0.25) is 0 Å². The molecule has 3 aromatic heterocycles.